The molecule has 1 aliphatic rings. The molecule has 0 aliphatic carbocycles. The maximum atomic E-state index is 13.4. The Morgan fingerprint density at radius 1 is 1.10 bits per heavy atom. The second kappa shape index (κ2) is 6.30. The number of imidazole rings is 1. The van der Waals surface area contributed by atoms with Gasteiger partial charge in [0.2, 0.25) is 0 Å². The lowest BCUT2D eigenvalue weighted by Gasteiger charge is -2.25. The van der Waals surface area contributed by atoms with E-state index in [1.807, 2.05) is 0 Å². The van der Waals surface area contributed by atoms with Gasteiger partial charge < -0.3 is 15.7 Å². The van der Waals surface area contributed by atoms with Gasteiger partial charge in [0.15, 0.2) is 5.65 Å². The molecule has 1 amide bonds. The maximum absolute atomic E-state index is 13.4. The quantitative estimate of drug-likeness (QED) is 0.541. The van der Waals surface area contributed by atoms with Crippen molar-refractivity contribution in [2.45, 2.75) is 13.1 Å². The summed E-state index contributed by atoms with van der Waals surface area (Å²) in [6.45, 7) is 0.956. The van der Waals surface area contributed by atoms with Crippen molar-refractivity contribution in [3.63, 3.8) is 0 Å². The molecule has 0 atom stereocenters. The molecule has 4 aromatic rings. The first-order valence-corrected chi connectivity index (χ1v) is 8.95. The van der Waals surface area contributed by atoms with Crippen molar-refractivity contribution in [3.8, 4) is 22.5 Å². The van der Waals surface area contributed by atoms with Crippen LogP contribution in [-0.2, 0) is 13.1 Å². The van der Waals surface area contributed by atoms with Gasteiger partial charge in [0.05, 0.1) is 36.2 Å². The molecule has 0 spiro atoms. The Bertz CT molecular complexity index is 1250. The van der Waals surface area contributed by atoms with E-state index in [1.165, 1.54) is 17.0 Å². The molecule has 1 aromatic carbocycles. The second-order valence-corrected chi connectivity index (χ2v) is 6.79. The van der Waals surface area contributed by atoms with Gasteiger partial charge >= 0.3 is 6.09 Å². The largest absolute Gasteiger partial charge is 0.465 e. The van der Waals surface area contributed by atoms with Gasteiger partial charge in [0.1, 0.15) is 17.3 Å². The number of hydrogen-bond donors (Lipinski definition) is 2. The molecule has 146 valence electrons. The summed E-state index contributed by atoms with van der Waals surface area (Å²) in [5.41, 5.74) is 9.74. The van der Waals surface area contributed by atoms with Crippen LogP contribution in [0.1, 0.15) is 5.69 Å². The summed E-state index contributed by atoms with van der Waals surface area (Å²) in [5.74, 6) is 0.00672. The number of rotatable bonds is 2. The van der Waals surface area contributed by atoms with Crippen LogP contribution in [-0.4, -0.2) is 47.0 Å². The number of fused-ring (bicyclic) bond motifs is 2. The minimum absolute atomic E-state index is 0.185. The highest BCUT2D eigenvalue weighted by molar-refractivity contribution is 5.82. The highest BCUT2D eigenvalue weighted by Crippen LogP contribution is 2.35. The van der Waals surface area contributed by atoms with Crippen molar-refractivity contribution >= 4 is 17.6 Å². The summed E-state index contributed by atoms with van der Waals surface area (Å²) in [6, 6.07) is 9.62. The summed E-state index contributed by atoms with van der Waals surface area (Å²) >= 11 is 0. The van der Waals surface area contributed by atoms with E-state index in [1.54, 1.807) is 39.7 Å². The number of hydrogen-bond acceptors (Lipinski definition) is 5. The topological polar surface area (TPSA) is 115 Å². The Morgan fingerprint density at radius 2 is 1.90 bits per heavy atom. The average molecular weight is 393 g/mol. The van der Waals surface area contributed by atoms with E-state index < -0.39 is 6.09 Å². The van der Waals surface area contributed by atoms with Crippen LogP contribution < -0.4 is 5.73 Å². The van der Waals surface area contributed by atoms with Gasteiger partial charge in [-0.1, -0.05) is 0 Å². The number of anilines is 1. The second-order valence-electron chi connectivity index (χ2n) is 6.79. The molecule has 9 nitrogen and oxygen atoms in total. The third-order valence-corrected chi connectivity index (χ3v) is 4.96. The number of nitrogens with two attached hydrogens (primary N) is 1. The van der Waals surface area contributed by atoms with E-state index in [2.05, 4.69) is 10.1 Å². The van der Waals surface area contributed by atoms with Crippen molar-refractivity contribution in [1.82, 2.24) is 29.3 Å². The predicted octanol–water partition coefficient (Wildman–Crippen LogP) is 2.47. The first kappa shape index (κ1) is 17.2. The summed E-state index contributed by atoms with van der Waals surface area (Å²) < 4.78 is 16.8. The van der Waals surface area contributed by atoms with E-state index in [0.717, 1.165) is 11.3 Å². The van der Waals surface area contributed by atoms with E-state index in [-0.39, 0.29) is 12.4 Å². The van der Waals surface area contributed by atoms with Gasteiger partial charge in [-0.05, 0) is 36.4 Å². The average Bonchev–Trinajstić information content (AvgIpc) is 3.26. The molecule has 1 aliphatic heterocycles. The molecule has 0 saturated carbocycles. The minimum atomic E-state index is -0.988. The number of aromatic nitrogens is 5. The van der Waals surface area contributed by atoms with Crippen LogP contribution >= 0.6 is 0 Å². The van der Waals surface area contributed by atoms with Crippen LogP contribution in [0, 0.1) is 5.82 Å². The van der Waals surface area contributed by atoms with Crippen LogP contribution in [0.2, 0.25) is 0 Å². The zero-order valence-electron chi connectivity index (χ0n) is 15.2. The van der Waals surface area contributed by atoms with Gasteiger partial charge in [0.25, 0.3) is 0 Å². The van der Waals surface area contributed by atoms with Gasteiger partial charge in [-0.2, -0.15) is 10.2 Å². The lowest BCUT2D eigenvalue weighted by atomic mass is 10.0. The fourth-order valence-corrected chi connectivity index (χ4v) is 3.59. The molecule has 0 bridgehead atoms. The zero-order valence-corrected chi connectivity index (χ0v) is 15.2. The number of halogens is 1. The van der Waals surface area contributed by atoms with E-state index >= 15 is 0 Å². The summed E-state index contributed by atoms with van der Waals surface area (Å²) in [4.78, 5) is 17.0. The molecule has 0 unspecified atom stereocenters. The molecule has 3 aromatic heterocycles. The summed E-state index contributed by atoms with van der Waals surface area (Å²) in [7, 11) is 0. The molecular weight excluding hydrogens is 377 g/mol. The van der Waals surface area contributed by atoms with Crippen molar-refractivity contribution in [3.05, 3.63) is 54.1 Å². The molecule has 0 saturated heterocycles. The number of benzene rings is 1. The minimum Gasteiger partial charge on any atom is -0.465 e. The smallest absolute Gasteiger partial charge is 0.407 e. The zero-order chi connectivity index (χ0) is 20.1. The van der Waals surface area contributed by atoms with Crippen molar-refractivity contribution < 1.29 is 14.3 Å². The number of carbonyl (C=O) groups is 1. The standard InChI is InChI=1S/C19H16FN7O2/c20-12-3-1-11(2-4-12)18-17(13-5-6-16-22-15(21)10-27(16)23-13)14-9-25(19(28)29)7-8-26(14)24-18/h1-6,10H,7-9,21H2,(H,28,29). The highest BCUT2D eigenvalue weighted by Gasteiger charge is 2.28. The summed E-state index contributed by atoms with van der Waals surface area (Å²) in [5, 5.41) is 18.7. The normalized spacial score (nSPS) is 13.6. The molecule has 29 heavy (non-hydrogen) atoms. The highest BCUT2D eigenvalue weighted by atomic mass is 19.1. The number of nitrogen functional groups attached to an aromatic ring is 1. The monoisotopic (exact) mass is 393 g/mol. The van der Waals surface area contributed by atoms with Crippen LogP contribution in [0.3, 0.4) is 0 Å². The molecule has 10 heteroatoms. The maximum Gasteiger partial charge on any atom is 0.407 e. The Balaban J connectivity index is 1.73. The molecule has 3 N–H and O–H groups in total. The third kappa shape index (κ3) is 2.85. The van der Waals surface area contributed by atoms with Gasteiger partial charge in [0, 0.05) is 12.1 Å². The van der Waals surface area contributed by atoms with E-state index in [0.29, 0.717) is 41.5 Å². The van der Waals surface area contributed by atoms with Gasteiger partial charge in [-0.25, -0.2) is 18.7 Å². The van der Waals surface area contributed by atoms with Crippen molar-refractivity contribution in [2.24, 2.45) is 0 Å². The van der Waals surface area contributed by atoms with Gasteiger partial charge in [-0.3, -0.25) is 4.68 Å². The SMILES string of the molecule is Nc1cn2nc(-c3c(-c4ccc(F)cc4)nn4c3CN(C(=O)O)CC4)ccc2n1. The van der Waals surface area contributed by atoms with Gasteiger partial charge in [-0.15, -0.1) is 0 Å². The fraction of sp³-hybridized carbons (Fsp3) is 0.158. The van der Waals surface area contributed by atoms with Crippen molar-refractivity contribution in [2.75, 3.05) is 12.3 Å². The van der Waals surface area contributed by atoms with Crippen LogP contribution in [0.4, 0.5) is 15.0 Å². The van der Waals surface area contributed by atoms with E-state index in [9.17, 15) is 14.3 Å². The van der Waals surface area contributed by atoms with Crippen LogP contribution in [0.15, 0.2) is 42.6 Å². The predicted molar refractivity (Wildman–Crippen MR) is 102 cm³/mol. The summed E-state index contributed by atoms with van der Waals surface area (Å²) in [6.07, 6.45) is 0.619. The Morgan fingerprint density at radius 3 is 2.66 bits per heavy atom. The number of carboxylic acid groups (broad SMARTS) is 1. The third-order valence-electron chi connectivity index (χ3n) is 4.96. The number of nitrogens with zero attached hydrogens (tertiary/aromatic N) is 6. The van der Waals surface area contributed by atoms with Crippen LogP contribution in [0.25, 0.3) is 28.2 Å². The molecule has 0 fully saturated rings. The molecular formula is C19H16FN7O2. The first-order valence-electron chi connectivity index (χ1n) is 8.95. The molecule has 4 heterocycles. The Hall–Kier alpha value is -3.95. The molecule has 0 radical (unpaired) electrons. The Labute approximate surface area is 163 Å². The van der Waals surface area contributed by atoms with Crippen molar-refractivity contribution in [1.29, 1.82) is 0 Å². The number of amides is 1. The Kier molecular flexibility index (Phi) is 3.73. The fourth-order valence-electron chi connectivity index (χ4n) is 3.59. The lowest BCUT2D eigenvalue weighted by molar-refractivity contribution is 0.131. The molecule has 5 rings (SSSR count). The first-order chi connectivity index (χ1) is 14.0. The van der Waals surface area contributed by atoms with E-state index in [4.69, 9.17) is 10.8 Å². The lowest BCUT2D eigenvalue weighted by Crippen LogP contribution is -2.37. The van der Waals surface area contributed by atoms with Crippen LogP contribution in [0.5, 0.6) is 0 Å².